The Morgan fingerprint density at radius 1 is 1.35 bits per heavy atom. The third-order valence-corrected chi connectivity index (χ3v) is 3.07. The van der Waals surface area contributed by atoms with E-state index in [1.54, 1.807) is 0 Å². The minimum Gasteiger partial charge on any atom is -0.472 e. The van der Waals surface area contributed by atoms with E-state index in [0.29, 0.717) is 0 Å². The summed E-state index contributed by atoms with van der Waals surface area (Å²) in [5.41, 5.74) is -1.35. The zero-order valence-corrected chi connectivity index (χ0v) is 12.0. The first kappa shape index (κ1) is 18.5. The SMILES string of the molecule is C.CC.O=[N+]([O-])c1ccc2c(c1)-n1nnnc1C(CO)(CO)O2. The van der Waals surface area contributed by atoms with Gasteiger partial charge in [-0.05, 0) is 16.5 Å². The number of rotatable bonds is 3. The number of ether oxygens (including phenoxy) is 1. The summed E-state index contributed by atoms with van der Waals surface area (Å²) < 4.78 is 6.76. The number of hydrogen-bond acceptors (Lipinski definition) is 8. The zero-order chi connectivity index (χ0) is 16.3. The van der Waals surface area contributed by atoms with Crippen LogP contribution >= 0.6 is 0 Å². The van der Waals surface area contributed by atoms with Gasteiger partial charge in [0.05, 0.1) is 18.1 Å². The van der Waals surface area contributed by atoms with Crippen LogP contribution in [0.15, 0.2) is 18.2 Å². The van der Waals surface area contributed by atoms with Gasteiger partial charge in [0.2, 0.25) is 11.4 Å². The third kappa shape index (κ3) is 2.85. The van der Waals surface area contributed by atoms with Gasteiger partial charge in [0.25, 0.3) is 5.69 Å². The van der Waals surface area contributed by atoms with Crippen molar-refractivity contribution in [3.63, 3.8) is 0 Å². The van der Waals surface area contributed by atoms with Crippen molar-refractivity contribution in [3.8, 4) is 11.4 Å². The monoisotopic (exact) mass is 325 g/mol. The predicted octanol–water partition coefficient (Wildman–Crippen LogP) is 0.805. The van der Waals surface area contributed by atoms with Gasteiger partial charge in [0, 0.05) is 12.1 Å². The van der Waals surface area contributed by atoms with Crippen molar-refractivity contribution in [3.05, 3.63) is 34.1 Å². The number of hydrogen-bond donors (Lipinski definition) is 2. The van der Waals surface area contributed by atoms with Crippen LogP contribution in [0.25, 0.3) is 5.69 Å². The normalized spacial score (nSPS) is 13.4. The Morgan fingerprint density at radius 2 is 2.00 bits per heavy atom. The summed E-state index contributed by atoms with van der Waals surface area (Å²) in [6.07, 6.45) is 0. The molecule has 2 aromatic rings. The van der Waals surface area contributed by atoms with Gasteiger partial charge < -0.3 is 14.9 Å². The number of non-ortho nitro benzene ring substituents is 1. The van der Waals surface area contributed by atoms with Crippen LogP contribution in [0.1, 0.15) is 27.1 Å². The minimum atomic E-state index is -1.48. The zero-order valence-electron chi connectivity index (χ0n) is 12.0. The van der Waals surface area contributed by atoms with Crippen molar-refractivity contribution in [2.75, 3.05) is 13.2 Å². The maximum atomic E-state index is 10.8. The average molecular weight is 325 g/mol. The van der Waals surface area contributed by atoms with Gasteiger partial charge in [-0.15, -0.1) is 5.10 Å². The van der Waals surface area contributed by atoms with Crippen LogP contribution in [-0.2, 0) is 5.60 Å². The van der Waals surface area contributed by atoms with Crippen LogP contribution < -0.4 is 4.74 Å². The van der Waals surface area contributed by atoms with Crippen molar-refractivity contribution in [2.24, 2.45) is 0 Å². The smallest absolute Gasteiger partial charge is 0.271 e. The topological polar surface area (TPSA) is 136 Å². The molecule has 10 nitrogen and oxygen atoms in total. The lowest BCUT2D eigenvalue weighted by atomic mass is 10.0. The number of nitro benzene ring substituents is 1. The highest BCUT2D eigenvalue weighted by Gasteiger charge is 2.44. The molecular weight excluding hydrogens is 306 g/mol. The van der Waals surface area contributed by atoms with Gasteiger partial charge >= 0.3 is 0 Å². The summed E-state index contributed by atoms with van der Waals surface area (Å²) in [6.45, 7) is 2.92. The Bertz CT molecular complexity index is 683. The number of nitrogens with zero attached hydrogens (tertiary/aromatic N) is 5. The largest absolute Gasteiger partial charge is 0.472 e. The van der Waals surface area contributed by atoms with Gasteiger partial charge in [0.15, 0.2) is 0 Å². The molecule has 0 radical (unpaired) electrons. The Morgan fingerprint density at radius 3 is 2.57 bits per heavy atom. The summed E-state index contributed by atoms with van der Waals surface area (Å²) in [5, 5.41) is 40.6. The van der Waals surface area contributed by atoms with Gasteiger partial charge in [-0.3, -0.25) is 10.1 Å². The molecule has 1 aliphatic rings. The van der Waals surface area contributed by atoms with Crippen LogP contribution in [0.5, 0.6) is 5.75 Å². The van der Waals surface area contributed by atoms with Gasteiger partial charge in [-0.2, -0.15) is 4.68 Å². The summed E-state index contributed by atoms with van der Waals surface area (Å²) in [4.78, 5) is 10.2. The molecule has 1 aromatic carbocycles. The number of tetrazole rings is 1. The molecule has 0 unspecified atom stereocenters. The van der Waals surface area contributed by atoms with E-state index in [-0.39, 0.29) is 30.4 Å². The lowest BCUT2D eigenvalue weighted by Gasteiger charge is -2.33. The minimum absolute atomic E-state index is 0. The molecule has 0 bridgehead atoms. The Hall–Kier alpha value is -2.59. The highest BCUT2D eigenvalue weighted by atomic mass is 16.6. The molecule has 0 saturated heterocycles. The number of aliphatic hydroxyl groups is 2. The quantitative estimate of drug-likeness (QED) is 0.624. The second kappa shape index (κ2) is 7.11. The molecule has 2 N–H and O–H groups in total. The third-order valence-electron chi connectivity index (χ3n) is 3.07. The fourth-order valence-electron chi connectivity index (χ4n) is 2.02. The van der Waals surface area contributed by atoms with Crippen LogP contribution in [0.3, 0.4) is 0 Å². The summed E-state index contributed by atoms with van der Waals surface area (Å²) in [7, 11) is 0. The number of benzene rings is 1. The van der Waals surface area contributed by atoms with Gasteiger partial charge in [-0.25, -0.2) is 0 Å². The molecule has 2 heterocycles. The molecule has 0 fully saturated rings. The van der Waals surface area contributed by atoms with E-state index in [1.807, 2.05) is 13.8 Å². The number of aliphatic hydroxyl groups excluding tert-OH is 2. The Labute approximate surface area is 132 Å². The van der Waals surface area contributed by atoms with Gasteiger partial charge in [0.1, 0.15) is 11.4 Å². The maximum absolute atomic E-state index is 10.8. The number of fused-ring (bicyclic) bond motifs is 3. The average Bonchev–Trinajstić information content (AvgIpc) is 3.06. The van der Waals surface area contributed by atoms with Crippen molar-refractivity contribution >= 4 is 5.69 Å². The van der Waals surface area contributed by atoms with E-state index in [2.05, 4.69) is 15.5 Å². The van der Waals surface area contributed by atoms with Crippen molar-refractivity contribution in [2.45, 2.75) is 26.9 Å². The summed E-state index contributed by atoms with van der Waals surface area (Å²) >= 11 is 0. The highest BCUT2D eigenvalue weighted by molar-refractivity contribution is 5.55. The molecule has 10 heteroatoms. The molecule has 1 aromatic heterocycles. The standard InChI is InChI=1S/C10H9N5O5.C2H6.CH4/c16-4-10(5-17)9-11-12-13-14(9)7-3-6(15(18)19)1-2-8(7)20-10;1-2;/h1-3,16-17H,4-5H2;1-2H3;1H4. The molecule has 23 heavy (non-hydrogen) atoms. The number of nitro groups is 1. The van der Waals surface area contributed by atoms with E-state index >= 15 is 0 Å². The predicted molar refractivity (Wildman–Crippen MR) is 80.4 cm³/mol. The van der Waals surface area contributed by atoms with E-state index in [1.165, 1.54) is 22.9 Å². The molecule has 3 rings (SSSR count). The van der Waals surface area contributed by atoms with E-state index in [0.717, 1.165) is 0 Å². The first-order chi connectivity index (χ1) is 10.6. The molecule has 0 saturated carbocycles. The van der Waals surface area contributed by atoms with Crippen LogP contribution in [0, 0.1) is 10.1 Å². The molecular formula is C13H19N5O5. The molecule has 126 valence electrons. The van der Waals surface area contributed by atoms with Crippen molar-refractivity contribution in [1.82, 2.24) is 20.2 Å². The van der Waals surface area contributed by atoms with Crippen molar-refractivity contribution in [1.29, 1.82) is 0 Å². The van der Waals surface area contributed by atoms with Crippen LogP contribution in [-0.4, -0.2) is 48.6 Å². The molecule has 0 aliphatic carbocycles. The lowest BCUT2D eigenvalue weighted by Crippen LogP contribution is -2.45. The maximum Gasteiger partial charge on any atom is 0.271 e. The first-order valence-corrected chi connectivity index (χ1v) is 6.60. The van der Waals surface area contributed by atoms with Gasteiger partial charge in [-0.1, -0.05) is 21.3 Å². The fourth-order valence-corrected chi connectivity index (χ4v) is 2.02. The molecule has 0 amide bonds. The van der Waals surface area contributed by atoms with Crippen LogP contribution in [0.2, 0.25) is 0 Å². The van der Waals surface area contributed by atoms with E-state index < -0.39 is 23.7 Å². The summed E-state index contributed by atoms with van der Waals surface area (Å²) in [5.74, 6) is 0.314. The number of aromatic nitrogens is 4. The molecule has 0 atom stereocenters. The van der Waals surface area contributed by atoms with E-state index in [9.17, 15) is 20.3 Å². The van der Waals surface area contributed by atoms with Crippen LogP contribution in [0.4, 0.5) is 5.69 Å². The summed E-state index contributed by atoms with van der Waals surface area (Å²) in [6, 6.07) is 3.89. The van der Waals surface area contributed by atoms with E-state index in [4.69, 9.17) is 4.74 Å². The lowest BCUT2D eigenvalue weighted by molar-refractivity contribution is -0.384. The Kier molecular flexibility index (Phi) is 5.71. The first-order valence-electron chi connectivity index (χ1n) is 6.60. The highest BCUT2D eigenvalue weighted by Crippen LogP contribution is 2.38. The molecule has 1 aliphatic heterocycles. The molecule has 0 spiro atoms. The second-order valence-electron chi connectivity index (χ2n) is 4.24. The fraction of sp³-hybridized carbons (Fsp3) is 0.462. The Balaban J connectivity index is 0.000000849. The second-order valence-corrected chi connectivity index (χ2v) is 4.24. The van der Waals surface area contributed by atoms with Crippen molar-refractivity contribution < 1.29 is 19.9 Å².